The SMILES string of the molecule is CCCCCc1ccc(C(=O)N(CC(=O)N(Cc2ccc(F)cc2)Cc2sccc2C)C(C)C)cc1. The van der Waals surface area contributed by atoms with Crippen LogP contribution in [0.1, 0.15) is 72.0 Å². The van der Waals surface area contributed by atoms with Gasteiger partial charge in [0.1, 0.15) is 12.4 Å². The number of benzene rings is 2. The van der Waals surface area contributed by atoms with Crippen LogP contribution in [0.4, 0.5) is 4.39 Å². The molecule has 3 rings (SSSR count). The number of rotatable bonds is 12. The van der Waals surface area contributed by atoms with E-state index >= 15 is 0 Å². The van der Waals surface area contributed by atoms with Gasteiger partial charge < -0.3 is 9.80 Å². The predicted octanol–water partition coefficient (Wildman–Crippen LogP) is 7.01. The normalized spacial score (nSPS) is 11.1. The topological polar surface area (TPSA) is 40.6 Å². The number of amides is 2. The lowest BCUT2D eigenvalue weighted by molar-refractivity contribution is -0.133. The highest BCUT2D eigenvalue weighted by molar-refractivity contribution is 7.10. The number of hydrogen-bond acceptors (Lipinski definition) is 3. The Morgan fingerprint density at radius 1 is 0.917 bits per heavy atom. The highest BCUT2D eigenvalue weighted by atomic mass is 32.1. The molecule has 0 saturated carbocycles. The molecule has 0 atom stereocenters. The molecule has 0 aliphatic carbocycles. The largest absolute Gasteiger partial charge is 0.332 e. The lowest BCUT2D eigenvalue weighted by Gasteiger charge is -2.30. The van der Waals surface area contributed by atoms with Crippen molar-refractivity contribution in [2.75, 3.05) is 6.54 Å². The van der Waals surface area contributed by atoms with E-state index in [9.17, 15) is 14.0 Å². The first-order chi connectivity index (χ1) is 17.3. The van der Waals surface area contributed by atoms with E-state index in [-0.39, 0.29) is 30.2 Å². The Kier molecular flexibility index (Phi) is 10.2. The third-order valence-corrected chi connectivity index (χ3v) is 7.41. The summed E-state index contributed by atoms with van der Waals surface area (Å²) in [6, 6.07) is 15.9. The smallest absolute Gasteiger partial charge is 0.254 e. The summed E-state index contributed by atoms with van der Waals surface area (Å²) in [6.07, 6.45) is 4.53. The molecule has 36 heavy (non-hydrogen) atoms. The third-order valence-electron chi connectivity index (χ3n) is 6.40. The zero-order chi connectivity index (χ0) is 26.1. The molecule has 0 radical (unpaired) electrons. The van der Waals surface area contributed by atoms with Gasteiger partial charge in [-0.15, -0.1) is 11.3 Å². The van der Waals surface area contributed by atoms with Gasteiger partial charge in [0.05, 0.1) is 6.54 Å². The first kappa shape index (κ1) is 27.6. The van der Waals surface area contributed by atoms with Crippen LogP contribution in [0.2, 0.25) is 0 Å². The van der Waals surface area contributed by atoms with Crippen LogP contribution in [0.3, 0.4) is 0 Å². The average molecular weight is 509 g/mol. The first-order valence-corrected chi connectivity index (χ1v) is 13.6. The van der Waals surface area contributed by atoms with E-state index in [1.165, 1.54) is 30.5 Å². The molecule has 0 aliphatic rings. The van der Waals surface area contributed by atoms with Crippen molar-refractivity contribution < 1.29 is 14.0 Å². The van der Waals surface area contributed by atoms with E-state index in [1.54, 1.807) is 33.3 Å². The fraction of sp³-hybridized carbons (Fsp3) is 0.400. The molecule has 0 aliphatic heterocycles. The molecule has 0 N–H and O–H groups in total. The molecule has 0 saturated heterocycles. The quantitative estimate of drug-likeness (QED) is 0.247. The van der Waals surface area contributed by atoms with Gasteiger partial charge in [0, 0.05) is 23.0 Å². The van der Waals surface area contributed by atoms with Crippen molar-refractivity contribution in [1.29, 1.82) is 0 Å². The Hall–Kier alpha value is -2.99. The summed E-state index contributed by atoms with van der Waals surface area (Å²) in [4.78, 5) is 31.5. The standard InChI is InChI=1S/C30H37FN2O2S/c1-5-6-7-8-24-9-13-26(14-10-24)30(35)33(22(2)3)21-29(34)32(20-28-23(4)17-18-36-28)19-25-11-15-27(31)16-12-25/h9-18,22H,5-8,19-21H2,1-4H3. The van der Waals surface area contributed by atoms with Crippen LogP contribution in [0.25, 0.3) is 0 Å². The molecule has 0 bridgehead atoms. The first-order valence-electron chi connectivity index (χ1n) is 12.7. The number of thiophene rings is 1. The van der Waals surface area contributed by atoms with E-state index in [4.69, 9.17) is 0 Å². The monoisotopic (exact) mass is 508 g/mol. The van der Waals surface area contributed by atoms with Crippen LogP contribution in [-0.4, -0.2) is 34.2 Å². The van der Waals surface area contributed by atoms with Gasteiger partial charge >= 0.3 is 0 Å². The number of carbonyl (C=O) groups is 2. The molecule has 1 heterocycles. The zero-order valence-corrected chi connectivity index (χ0v) is 22.6. The highest BCUT2D eigenvalue weighted by Crippen LogP contribution is 2.21. The summed E-state index contributed by atoms with van der Waals surface area (Å²) in [6.45, 7) is 8.86. The second kappa shape index (κ2) is 13.4. The molecule has 0 spiro atoms. The number of carbonyl (C=O) groups excluding carboxylic acids is 2. The average Bonchev–Trinajstić information content (AvgIpc) is 3.27. The van der Waals surface area contributed by atoms with Crippen LogP contribution < -0.4 is 0 Å². The molecule has 1 aromatic heterocycles. The van der Waals surface area contributed by atoms with Crippen molar-refractivity contribution in [2.45, 2.75) is 72.5 Å². The van der Waals surface area contributed by atoms with Crippen molar-refractivity contribution in [1.82, 2.24) is 9.80 Å². The zero-order valence-electron chi connectivity index (χ0n) is 21.8. The van der Waals surface area contributed by atoms with Gasteiger partial charge in [0.15, 0.2) is 0 Å². The highest BCUT2D eigenvalue weighted by Gasteiger charge is 2.25. The molecule has 6 heteroatoms. The number of aryl methyl sites for hydroxylation is 2. The number of halogens is 1. The summed E-state index contributed by atoms with van der Waals surface area (Å²) < 4.78 is 13.4. The van der Waals surface area contributed by atoms with E-state index in [0.717, 1.165) is 28.8 Å². The van der Waals surface area contributed by atoms with Gasteiger partial charge in [-0.05, 0) is 86.0 Å². The number of unbranched alkanes of at least 4 members (excludes halogenated alkanes) is 2. The molecule has 0 fully saturated rings. The van der Waals surface area contributed by atoms with Crippen LogP contribution in [0.15, 0.2) is 60.0 Å². The molecular formula is C30H37FN2O2S. The maximum atomic E-state index is 13.6. The Balaban J connectivity index is 1.76. The van der Waals surface area contributed by atoms with Crippen molar-refractivity contribution in [2.24, 2.45) is 0 Å². The van der Waals surface area contributed by atoms with Gasteiger partial charge in [-0.25, -0.2) is 4.39 Å². The predicted molar refractivity (Wildman–Crippen MR) is 146 cm³/mol. The lowest BCUT2D eigenvalue weighted by Crippen LogP contribution is -2.45. The maximum Gasteiger partial charge on any atom is 0.254 e. The minimum absolute atomic E-state index is 0.0135. The Morgan fingerprint density at radius 3 is 2.17 bits per heavy atom. The molecule has 192 valence electrons. The minimum Gasteiger partial charge on any atom is -0.332 e. The van der Waals surface area contributed by atoms with Crippen LogP contribution in [0.5, 0.6) is 0 Å². The summed E-state index contributed by atoms with van der Waals surface area (Å²) in [5, 5.41) is 2.01. The van der Waals surface area contributed by atoms with E-state index in [1.807, 2.05) is 56.5 Å². The fourth-order valence-corrected chi connectivity index (χ4v) is 5.00. The van der Waals surface area contributed by atoms with Crippen LogP contribution >= 0.6 is 11.3 Å². The van der Waals surface area contributed by atoms with Crippen molar-refractivity contribution in [3.63, 3.8) is 0 Å². The van der Waals surface area contributed by atoms with Gasteiger partial charge in [-0.3, -0.25) is 9.59 Å². The third kappa shape index (κ3) is 7.76. The van der Waals surface area contributed by atoms with E-state index in [2.05, 4.69) is 6.92 Å². The van der Waals surface area contributed by atoms with Crippen molar-refractivity contribution in [3.05, 3.63) is 92.9 Å². The second-order valence-corrected chi connectivity index (χ2v) is 10.6. The Labute approximate surface area is 218 Å². The molecule has 0 unspecified atom stereocenters. The number of nitrogens with zero attached hydrogens (tertiary/aromatic N) is 2. The fourth-order valence-electron chi connectivity index (χ4n) is 4.08. The van der Waals surface area contributed by atoms with Crippen LogP contribution in [0, 0.1) is 12.7 Å². The van der Waals surface area contributed by atoms with E-state index < -0.39 is 0 Å². The molecule has 2 amide bonds. The summed E-state index contributed by atoms with van der Waals surface area (Å²) in [5.41, 5.74) is 3.80. The minimum atomic E-state index is -0.307. The van der Waals surface area contributed by atoms with Crippen molar-refractivity contribution in [3.8, 4) is 0 Å². The molecule has 2 aromatic carbocycles. The summed E-state index contributed by atoms with van der Waals surface area (Å²) in [5.74, 6) is -0.587. The van der Waals surface area contributed by atoms with Crippen LogP contribution in [-0.2, 0) is 24.3 Å². The Bertz CT molecular complexity index is 1120. The van der Waals surface area contributed by atoms with Crippen molar-refractivity contribution >= 4 is 23.2 Å². The lowest BCUT2D eigenvalue weighted by atomic mass is 10.0. The maximum absolute atomic E-state index is 13.6. The van der Waals surface area contributed by atoms with Gasteiger partial charge in [-0.2, -0.15) is 0 Å². The second-order valence-electron chi connectivity index (χ2n) is 9.58. The molecular weight excluding hydrogens is 471 g/mol. The molecule has 4 nitrogen and oxygen atoms in total. The molecule has 3 aromatic rings. The Morgan fingerprint density at radius 2 is 1.58 bits per heavy atom. The number of hydrogen-bond donors (Lipinski definition) is 0. The van der Waals surface area contributed by atoms with Gasteiger partial charge in [0.25, 0.3) is 5.91 Å². The van der Waals surface area contributed by atoms with Gasteiger partial charge in [-0.1, -0.05) is 44.0 Å². The summed E-state index contributed by atoms with van der Waals surface area (Å²) in [7, 11) is 0. The summed E-state index contributed by atoms with van der Waals surface area (Å²) >= 11 is 1.61. The van der Waals surface area contributed by atoms with E-state index in [0.29, 0.717) is 18.7 Å². The van der Waals surface area contributed by atoms with Gasteiger partial charge in [0.2, 0.25) is 5.91 Å².